The van der Waals surface area contributed by atoms with Crippen molar-refractivity contribution in [3.8, 4) is 11.3 Å². The van der Waals surface area contributed by atoms with Crippen molar-refractivity contribution >= 4 is 21.3 Å². The smallest absolute Gasteiger partial charge is 0.378 e. The molecule has 0 atom stereocenters. The van der Waals surface area contributed by atoms with Crippen LogP contribution in [-0.4, -0.2) is 88.8 Å². The summed E-state index contributed by atoms with van der Waals surface area (Å²) in [6.45, 7) is 5.52. The van der Waals surface area contributed by atoms with Crippen molar-refractivity contribution in [1.29, 1.82) is 0 Å². The number of anilines is 1. The van der Waals surface area contributed by atoms with Crippen molar-refractivity contribution in [2.24, 2.45) is 0 Å². The number of halogens is 3. The molecule has 2 saturated heterocycles. The molecule has 0 saturated carbocycles. The average Bonchev–Trinajstić information content (AvgIpc) is 3.61. The second kappa shape index (κ2) is 11.9. The Labute approximate surface area is 247 Å². The lowest BCUT2D eigenvalue weighted by atomic mass is 9.98. The Bertz CT molecular complexity index is 1680. The van der Waals surface area contributed by atoms with Crippen molar-refractivity contribution < 1.29 is 26.3 Å². The first-order valence-electron chi connectivity index (χ1n) is 14.4. The molecule has 3 aromatic heterocycles. The van der Waals surface area contributed by atoms with Crippen LogP contribution in [0.2, 0.25) is 0 Å². The molecule has 1 N–H and O–H groups in total. The number of imidazole rings is 2. The first kappa shape index (κ1) is 29.6. The summed E-state index contributed by atoms with van der Waals surface area (Å²) in [4.78, 5) is 16.7. The highest BCUT2D eigenvalue weighted by Gasteiger charge is 2.33. The molecule has 6 rings (SSSR count). The maximum absolute atomic E-state index is 13.8. The lowest BCUT2D eigenvalue weighted by Crippen LogP contribution is -2.37. The van der Waals surface area contributed by atoms with Gasteiger partial charge in [-0.15, -0.1) is 5.10 Å². The van der Waals surface area contributed by atoms with Gasteiger partial charge in [-0.3, -0.25) is 4.90 Å². The van der Waals surface area contributed by atoms with E-state index in [2.05, 4.69) is 19.8 Å². The Kier molecular flexibility index (Phi) is 8.18. The van der Waals surface area contributed by atoms with Crippen LogP contribution in [0.3, 0.4) is 0 Å². The third-order valence-corrected chi connectivity index (χ3v) is 10.0. The molecular formula is C29H34F3N7O3S. The number of nitrogens with zero attached hydrogens (tertiary/aromatic N) is 6. The van der Waals surface area contributed by atoms with E-state index in [4.69, 9.17) is 14.8 Å². The third kappa shape index (κ3) is 6.41. The van der Waals surface area contributed by atoms with Crippen LogP contribution in [0.5, 0.6) is 0 Å². The fourth-order valence-corrected chi connectivity index (χ4v) is 7.25. The molecule has 0 aliphatic carbocycles. The van der Waals surface area contributed by atoms with Crippen LogP contribution >= 0.6 is 0 Å². The molecule has 2 aliphatic rings. The molecule has 0 radical (unpaired) electrons. The van der Waals surface area contributed by atoms with Gasteiger partial charge in [0.25, 0.3) is 0 Å². The van der Waals surface area contributed by atoms with Gasteiger partial charge in [0.15, 0.2) is 11.5 Å². The Morgan fingerprint density at radius 1 is 1.07 bits per heavy atom. The molecule has 5 heterocycles. The van der Waals surface area contributed by atoms with Gasteiger partial charge in [-0.05, 0) is 56.1 Å². The zero-order valence-corrected chi connectivity index (χ0v) is 24.7. The maximum atomic E-state index is 13.8. The summed E-state index contributed by atoms with van der Waals surface area (Å²) in [5.41, 5.74) is 3.55. The standard InChI is InChI=1S/C29H34F3N7O3S/c1-20-21(5-2-6-23(20)29(30,31)32)15-26-25(18-37-7-3-13-43(40,41)14-4-8-37)35-28-22(24-17-33-19-34-24)16-27(36-39(26)28)38-9-11-42-12-10-38/h2,5-6,16-17,19H,3-4,7-15,18H2,1H3,(H,33,34). The summed E-state index contributed by atoms with van der Waals surface area (Å²) < 4.78 is 73.2. The predicted molar refractivity (Wildman–Crippen MR) is 156 cm³/mol. The summed E-state index contributed by atoms with van der Waals surface area (Å²) in [6.07, 6.45) is 0.0420. The van der Waals surface area contributed by atoms with Gasteiger partial charge in [-0.2, -0.15) is 13.2 Å². The molecule has 4 aromatic rings. The van der Waals surface area contributed by atoms with E-state index >= 15 is 0 Å². The van der Waals surface area contributed by atoms with Gasteiger partial charge in [-0.25, -0.2) is 22.9 Å². The number of hydrogen-bond donors (Lipinski definition) is 1. The van der Waals surface area contributed by atoms with E-state index in [-0.39, 0.29) is 23.5 Å². The molecule has 0 amide bonds. The highest BCUT2D eigenvalue weighted by atomic mass is 32.2. The van der Waals surface area contributed by atoms with Gasteiger partial charge in [0.2, 0.25) is 0 Å². The van der Waals surface area contributed by atoms with Crippen molar-refractivity contribution in [2.45, 2.75) is 38.9 Å². The largest absolute Gasteiger partial charge is 0.416 e. The van der Waals surface area contributed by atoms with Gasteiger partial charge < -0.3 is 14.6 Å². The fraction of sp³-hybridized carbons (Fsp3) is 0.483. The first-order valence-corrected chi connectivity index (χ1v) is 16.2. The number of hydrogen-bond acceptors (Lipinski definition) is 8. The third-order valence-electron chi connectivity index (χ3n) is 8.21. The molecule has 2 aliphatic heterocycles. The quantitative estimate of drug-likeness (QED) is 0.347. The molecule has 0 bridgehead atoms. The summed E-state index contributed by atoms with van der Waals surface area (Å²) in [5, 5.41) is 5.00. The number of morpholine rings is 1. The number of alkyl halides is 3. The van der Waals surface area contributed by atoms with Crippen molar-refractivity contribution in [1.82, 2.24) is 29.5 Å². The van der Waals surface area contributed by atoms with Crippen LogP contribution in [0.25, 0.3) is 16.9 Å². The molecule has 2 fully saturated rings. The Hall–Kier alpha value is -3.49. The van der Waals surface area contributed by atoms with Crippen LogP contribution in [0, 0.1) is 6.92 Å². The second-order valence-electron chi connectivity index (χ2n) is 11.1. The molecule has 0 unspecified atom stereocenters. The number of H-pyrrole nitrogens is 1. The number of aromatic nitrogens is 5. The number of aromatic amines is 1. The number of fused-ring (bicyclic) bond motifs is 1. The lowest BCUT2D eigenvalue weighted by molar-refractivity contribution is -0.138. The van der Waals surface area contributed by atoms with Gasteiger partial charge in [0, 0.05) is 31.6 Å². The molecule has 1 aromatic carbocycles. The number of nitrogens with one attached hydrogen (secondary N) is 1. The minimum atomic E-state index is -4.47. The summed E-state index contributed by atoms with van der Waals surface area (Å²) in [6, 6.07) is 6.23. The minimum absolute atomic E-state index is 0.138. The fourth-order valence-electron chi connectivity index (χ4n) is 5.91. The number of ether oxygens (including phenoxy) is 1. The van der Waals surface area contributed by atoms with Gasteiger partial charge in [-0.1, -0.05) is 12.1 Å². The van der Waals surface area contributed by atoms with Crippen molar-refractivity contribution in [3.05, 3.63) is 64.9 Å². The van der Waals surface area contributed by atoms with E-state index < -0.39 is 21.6 Å². The summed E-state index contributed by atoms with van der Waals surface area (Å²) in [7, 11) is -3.05. The zero-order valence-electron chi connectivity index (χ0n) is 23.9. The first-order chi connectivity index (χ1) is 20.6. The average molecular weight is 618 g/mol. The van der Waals surface area contributed by atoms with E-state index in [1.165, 1.54) is 13.0 Å². The number of benzene rings is 1. The van der Waals surface area contributed by atoms with Crippen LogP contribution < -0.4 is 4.90 Å². The molecule has 43 heavy (non-hydrogen) atoms. The number of rotatable bonds is 6. The zero-order chi connectivity index (χ0) is 30.2. The summed E-state index contributed by atoms with van der Waals surface area (Å²) in [5.74, 6) is 0.988. The van der Waals surface area contributed by atoms with Crippen LogP contribution in [-0.2, 0) is 33.7 Å². The second-order valence-corrected chi connectivity index (χ2v) is 13.4. The highest BCUT2D eigenvalue weighted by molar-refractivity contribution is 7.91. The summed E-state index contributed by atoms with van der Waals surface area (Å²) >= 11 is 0. The van der Waals surface area contributed by atoms with Gasteiger partial charge in [0.1, 0.15) is 9.84 Å². The molecule has 0 spiro atoms. The van der Waals surface area contributed by atoms with Gasteiger partial charge in [0.05, 0.1) is 59.9 Å². The van der Waals surface area contributed by atoms with E-state index in [0.717, 1.165) is 17.3 Å². The number of sulfone groups is 1. The monoisotopic (exact) mass is 617 g/mol. The molecule has 230 valence electrons. The van der Waals surface area contributed by atoms with Crippen LogP contribution in [0.4, 0.5) is 19.0 Å². The van der Waals surface area contributed by atoms with Crippen LogP contribution in [0.1, 0.15) is 40.9 Å². The van der Waals surface area contributed by atoms with Gasteiger partial charge >= 0.3 is 6.18 Å². The molecule has 10 nitrogen and oxygen atoms in total. The molecular weight excluding hydrogens is 583 g/mol. The van der Waals surface area contributed by atoms with E-state index in [9.17, 15) is 21.6 Å². The SMILES string of the molecule is Cc1c(Cc2c(CN3CCCS(=O)(=O)CCC3)nc3c(-c4cnc[nH]4)cc(N4CCOCC4)nn23)cccc1C(F)(F)F. The van der Waals surface area contributed by atoms with Crippen LogP contribution in [0.15, 0.2) is 36.8 Å². The van der Waals surface area contributed by atoms with E-state index in [0.29, 0.717) is 87.2 Å². The predicted octanol–water partition coefficient (Wildman–Crippen LogP) is 3.88. The Balaban J connectivity index is 1.49. The Morgan fingerprint density at radius 2 is 1.81 bits per heavy atom. The lowest BCUT2D eigenvalue weighted by Gasteiger charge is -2.28. The van der Waals surface area contributed by atoms with E-state index in [1.54, 1.807) is 23.1 Å². The molecule has 14 heteroatoms. The minimum Gasteiger partial charge on any atom is -0.378 e. The Morgan fingerprint density at radius 3 is 2.49 bits per heavy atom. The van der Waals surface area contributed by atoms with Crippen molar-refractivity contribution in [3.63, 3.8) is 0 Å². The van der Waals surface area contributed by atoms with E-state index in [1.807, 2.05) is 6.07 Å². The highest BCUT2D eigenvalue weighted by Crippen LogP contribution is 2.35. The maximum Gasteiger partial charge on any atom is 0.416 e. The topological polar surface area (TPSA) is 109 Å². The van der Waals surface area contributed by atoms with Crippen molar-refractivity contribution in [2.75, 3.05) is 55.8 Å². The normalized spacial score (nSPS) is 18.6.